The summed E-state index contributed by atoms with van der Waals surface area (Å²) >= 11 is 0. The maximum atomic E-state index is 12.3. The van der Waals surface area contributed by atoms with E-state index in [9.17, 15) is 4.79 Å². The van der Waals surface area contributed by atoms with Crippen molar-refractivity contribution in [3.8, 4) is 0 Å². The Labute approximate surface area is 116 Å². The summed E-state index contributed by atoms with van der Waals surface area (Å²) in [5, 5.41) is 2.96. The fraction of sp³-hybridized carbons (Fsp3) is 0.125. The molecule has 0 spiro atoms. The number of carbonyl (C=O) groups excluding carboxylic acids is 1. The SMILES string of the molecule is Cc1cccc(C)c1NC(=O)c1cc2ncccc2[nH]1. The quantitative estimate of drug-likeness (QED) is 0.745. The maximum Gasteiger partial charge on any atom is 0.272 e. The van der Waals surface area contributed by atoms with Gasteiger partial charge in [-0.3, -0.25) is 9.78 Å². The first-order chi connectivity index (χ1) is 9.65. The number of nitrogens with zero attached hydrogens (tertiary/aromatic N) is 1. The van der Waals surface area contributed by atoms with E-state index in [1.54, 1.807) is 12.3 Å². The van der Waals surface area contributed by atoms with Crippen molar-refractivity contribution in [2.75, 3.05) is 5.32 Å². The first kappa shape index (κ1) is 12.4. The Hall–Kier alpha value is -2.62. The number of anilines is 1. The molecule has 0 radical (unpaired) electrons. The molecule has 0 saturated carbocycles. The smallest absolute Gasteiger partial charge is 0.272 e. The van der Waals surface area contributed by atoms with Gasteiger partial charge in [-0.2, -0.15) is 0 Å². The van der Waals surface area contributed by atoms with E-state index >= 15 is 0 Å². The van der Waals surface area contributed by atoms with Crippen LogP contribution in [-0.4, -0.2) is 15.9 Å². The molecule has 0 aliphatic rings. The second-order valence-corrected chi connectivity index (χ2v) is 4.84. The van der Waals surface area contributed by atoms with E-state index in [2.05, 4.69) is 15.3 Å². The molecule has 4 heteroatoms. The average molecular weight is 265 g/mol. The zero-order chi connectivity index (χ0) is 14.1. The molecule has 3 rings (SSSR count). The van der Waals surface area contributed by atoms with Crippen molar-refractivity contribution in [1.82, 2.24) is 9.97 Å². The van der Waals surface area contributed by atoms with Crippen LogP contribution in [-0.2, 0) is 0 Å². The third-order valence-corrected chi connectivity index (χ3v) is 3.35. The minimum Gasteiger partial charge on any atom is -0.349 e. The molecule has 4 nitrogen and oxygen atoms in total. The Kier molecular flexibility index (Phi) is 2.99. The summed E-state index contributed by atoms with van der Waals surface area (Å²) < 4.78 is 0. The second-order valence-electron chi connectivity index (χ2n) is 4.84. The van der Waals surface area contributed by atoms with Crippen LogP contribution in [0.2, 0.25) is 0 Å². The first-order valence-corrected chi connectivity index (χ1v) is 6.46. The highest BCUT2D eigenvalue weighted by Gasteiger charge is 2.12. The van der Waals surface area contributed by atoms with Gasteiger partial charge in [0.25, 0.3) is 5.91 Å². The van der Waals surface area contributed by atoms with Gasteiger partial charge in [-0.15, -0.1) is 0 Å². The van der Waals surface area contributed by atoms with Crippen LogP contribution >= 0.6 is 0 Å². The number of fused-ring (bicyclic) bond motifs is 1. The largest absolute Gasteiger partial charge is 0.349 e. The molecule has 100 valence electrons. The summed E-state index contributed by atoms with van der Waals surface area (Å²) in [6.45, 7) is 3.96. The van der Waals surface area contributed by atoms with Crippen molar-refractivity contribution in [3.05, 3.63) is 59.4 Å². The third kappa shape index (κ3) is 2.16. The molecular weight excluding hydrogens is 250 g/mol. The van der Waals surface area contributed by atoms with Crippen LogP contribution in [0.1, 0.15) is 21.6 Å². The van der Waals surface area contributed by atoms with E-state index in [1.165, 1.54) is 0 Å². The number of aryl methyl sites for hydroxylation is 2. The van der Waals surface area contributed by atoms with Crippen LogP contribution in [0.3, 0.4) is 0 Å². The highest BCUT2D eigenvalue weighted by Crippen LogP contribution is 2.21. The lowest BCUT2D eigenvalue weighted by Crippen LogP contribution is -2.14. The summed E-state index contributed by atoms with van der Waals surface area (Å²) in [5.74, 6) is -0.152. The van der Waals surface area contributed by atoms with E-state index in [0.717, 1.165) is 27.8 Å². The van der Waals surface area contributed by atoms with Gasteiger partial charge in [-0.05, 0) is 43.2 Å². The lowest BCUT2D eigenvalue weighted by atomic mass is 10.1. The molecule has 2 N–H and O–H groups in total. The van der Waals surface area contributed by atoms with Gasteiger partial charge in [0.2, 0.25) is 0 Å². The number of hydrogen-bond donors (Lipinski definition) is 2. The van der Waals surface area contributed by atoms with Crippen molar-refractivity contribution in [3.63, 3.8) is 0 Å². The zero-order valence-corrected chi connectivity index (χ0v) is 11.4. The number of nitrogens with one attached hydrogen (secondary N) is 2. The summed E-state index contributed by atoms with van der Waals surface area (Å²) in [7, 11) is 0. The van der Waals surface area contributed by atoms with Gasteiger partial charge < -0.3 is 10.3 Å². The Morgan fingerprint density at radius 1 is 1.15 bits per heavy atom. The van der Waals surface area contributed by atoms with Crippen LogP contribution in [0.4, 0.5) is 5.69 Å². The van der Waals surface area contributed by atoms with E-state index in [0.29, 0.717) is 5.69 Å². The van der Waals surface area contributed by atoms with Gasteiger partial charge in [0, 0.05) is 11.9 Å². The van der Waals surface area contributed by atoms with Gasteiger partial charge in [0.05, 0.1) is 11.0 Å². The van der Waals surface area contributed by atoms with Gasteiger partial charge in [0.15, 0.2) is 0 Å². The average Bonchev–Trinajstić information content (AvgIpc) is 2.87. The molecule has 3 aromatic rings. The van der Waals surface area contributed by atoms with Crippen molar-refractivity contribution in [1.29, 1.82) is 0 Å². The molecule has 1 amide bonds. The van der Waals surface area contributed by atoms with Gasteiger partial charge >= 0.3 is 0 Å². The molecule has 0 aliphatic heterocycles. The highest BCUT2D eigenvalue weighted by atomic mass is 16.1. The van der Waals surface area contributed by atoms with Crippen molar-refractivity contribution in [2.24, 2.45) is 0 Å². The van der Waals surface area contributed by atoms with E-state index in [1.807, 2.05) is 44.2 Å². The Morgan fingerprint density at radius 3 is 2.60 bits per heavy atom. The number of aromatic nitrogens is 2. The van der Waals surface area contributed by atoms with E-state index in [4.69, 9.17) is 0 Å². The van der Waals surface area contributed by atoms with Crippen LogP contribution in [0.5, 0.6) is 0 Å². The molecule has 20 heavy (non-hydrogen) atoms. The summed E-state index contributed by atoms with van der Waals surface area (Å²) in [6.07, 6.45) is 1.71. The minimum atomic E-state index is -0.152. The van der Waals surface area contributed by atoms with Gasteiger partial charge in [0.1, 0.15) is 5.69 Å². The number of hydrogen-bond acceptors (Lipinski definition) is 2. The Balaban J connectivity index is 1.93. The van der Waals surface area contributed by atoms with E-state index < -0.39 is 0 Å². The first-order valence-electron chi connectivity index (χ1n) is 6.46. The van der Waals surface area contributed by atoms with Gasteiger partial charge in [-0.25, -0.2) is 0 Å². The number of para-hydroxylation sites is 1. The summed E-state index contributed by atoms with van der Waals surface area (Å²) in [4.78, 5) is 19.6. The second kappa shape index (κ2) is 4.81. The molecule has 1 aromatic carbocycles. The van der Waals surface area contributed by atoms with Gasteiger partial charge in [-0.1, -0.05) is 18.2 Å². The summed E-state index contributed by atoms with van der Waals surface area (Å²) in [5.41, 5.74) is 5.13. The highest BCUT2D eigenvalue weighted by molar-refractivity contribution is 6.06. The number of aromatic amines is 1. The third-order valence-electron chi connectivity index (χ3n) is 3.35. The fourth-order valence-electron chi connectivity index (χ4n) is 2.27. The van der Waals surface area contributed by atoms with Crippen molar-refractivity contribution >= 4 is 22.6 Å². The normalized spacial score (nSPS) is 10.7. The number of carbonyl (C=O) groups is 1. The monoisotopic (exact) mass is 265 g/mol. The number of benzene rings is 1. The lowest BCUT2D eigenvalue weighted by Gasteiger charge is -2.10. The molecule has 0 atom stereocenters. The number of rotatable bonds is 2. The van der Waals surface area contributed by atoms with Crippen molar-refractivity contribution in [2.45, 2.75) is 13.8 Å². The number of amides is 1. The fourth-order valence-corrected chi connectivity index (χ4v) is 2.27. The van der Waals surface area contributed by atoms with Crippen LogP contribution in [0.15, 0.2) is 42.6 Å². The number of H-pyrrole nitrogens is 1. The van der Waals surface area contributed by atoms with Crippen molar-refractivity contribution < 1.29 is 4.79 Å². The molecule has 2 aromatic heterocycles. The predicted molar refractivity (Wildman–Crippen MR) is 80.0 cm³/mol. The van der Waals surface area contributed by atoms with E-state index in [-0.39, 0.29) is 5.91 Å². The van der Waals surface area contributed by atoms with Crippen LogP contribution < -0.4 is 5.32 Å². The standard InChI is InChI=1S/C16H15N3O/c1-10-5-3-6-11(2)15(10)19-16(20)14-9-13-12(18-14)7-4-8-17-13/h3-9,18H,1-2H3,(H,19,20). The minimum absolute atomic E-state index is 0.152. The topological polar surface area (TPSA) is 57.8 Å². The molecule has 0 aliphatic carbocycles. The molecule has 0 saturated heterocycles. The lowest BCUT2D eigenvalue weighted by molar-refractivity contribution is 0.102. The Morgan fingerprint density at radius 2 is 1.90 bits per heavy atom. The zero-order valence-electron chi connectivity index (χ0n) is 11.4. The molecule has 0 fully saturated rings. The molecular formula is C16H15N3O. The van der Waals surface area contributed by atoms with Crippen LogP contribution in [0.25, 0.3) is 11.0 Å². The number of pyridine rings is 1. The molecule has 0 bridgehead atoms. The predicted octanol–water partition coefficient (Wildman–Crippen LogP) is 3.43. The van der Waals surface area contributed by atoms with Crippen LogP contribution in [0, 0.1) is 13.8 Å². The molecule has 2 heterocycles. The summed E-state index contributed by atoms with van der Waals surface area (Å²) in [6, 6.07) is 11.4. The Bertz CT molecular complexity index is 736. The maximum absolute atomic E-state index is 12.3. The molecule has 0 unspecified atom stereocenters.